The number of carbonyl (C=O) groups is 3. The summed E-state index contributed by atoms with van der Waals surface area (Å²) in [6.07, 6.45) is 4.26. The van der Waals surface area contributed by atoms with Gasteiger partial charge in [-0.25, -0.2) is 14.5 Å². The Bertz CT molecular complexity index is 709. The molecule has 2 aliphatic rings. The van der Waals surface area contributed by atoms with Crippen LogP contribution in [0.5, 0.6) is 0 Å². The number of imide groups is 1. The van der Waals surface area contributed by atoms with E-state index in [-0.39, 0.29) is 24.5 Å². The predicted octanol–water partition coefficient (Wildman–Crippen LogP) is 2.69. The van der Waals surface area contributed by atoms with Crippen molar-refractivity contribution in [2.45, 2.75) is 12.8 Å². The molecule has 140 valence electrons. The monoisotopic (exact) mass is 376 g/mol. The van der Waals surface area contributed by atoms with Gasteiger partial charge in [-0.05, 0) is 49.0 Å². The van der Waals surface area contributed by atoms with E-state index < -0.39 is 0 Å². The van der Waals surface area contributed by atoms with Crippen molar-refractivity contribution in [3.63, 3.8) is 0 Å². The number of nitrogens with one attached hydrogen (secondary N) is 1. The van der Waals surface area contributed by atoms with Gasteiger partial charge in [-0.15, -0.1) is 0 Å². The Balaban J connectivity index is 1.68. The van der Waals surface area contributed by atoms with Crippen LogP contribution in [-0.4, -0.2) is 66.5 Å². The van der Waals surface area contributed by atoms with Crippen LogP contribution in [0.1, 0.15) is 12.8 Å². The van der Waals surface area contributed by atoms with E-state index in [1.165, 1.54) is 4.90 Å². The second-order valence-electron chi connectivity index (χ2n) is 6.76. The van der Waals surface area contributed by atoms with Crippen LogP contribution in [0.4, 0.5) is 21.0 Å². The van der Waals surface area contributed by atoms with Gasteiger partial charge in [0.1, 0.15) is 6.54 Å². The van der Waals surface area contributed by atoms with Crippen molar-refractivity contribution in [2.24, 2.45) is 5.92 Å². The summed E-state index contributed by atoms with van der Waals surface area (Å²) >= 11 is 1.81. The Kier molecular flexibility index (Phi) is 5.70. The van der Waals surface area contributed by atoms with Gasteiger partial charge in [0, 0.05) is 25.8 Å². The molecule has 2 heterocycles. The summed E-state index contributed by atoms with van der Waals surface area (Å²) in [7, 11) is 1.59. The maximum atomic E-state index is 12.6. The average Bonchev–Trinajstić information content (AvgIpc) is 2.88. The lowest BCUT2D eigenvalue weighted by molar-refractivity contribution is -0.116. The quantitative estimate of drug-likeness (QED) is 0.820. The van der Waals surface area contributed by atoms with Gasteiger partial charge in [0.05, 0.1) is 5.69 Å². The number of benzene rings is 1. The number of thioether (sulfide) groups is 1. The molecule has 0 aliphatic carbocycles. The summed E-state index contributed by atoms with van der Waals surface area (Å²) in [6.45, 7) is 1.59. The van der Waals surface area contributed by atoms with Gasteiger partial charge in [-0.2, -0.15) is 11.8 Å². The highest BCUT2D eigenvalue weighted by Crippen LogP contribution is 2.25. The lowest BCUT2D eigenvalue weighted by atomic mass is 10.0. The molecule has 7 nitrogen and oxygen atoms in total. The van der Waals surface area contributed by atoms with E-state index in [9.17, 15) is 14.4 Å². The van der Waals surface area contributed by atoms with Crippen LogP contribution < -0.4 is 10.2 Å². The fourth-order valence-electron chi connectivity index (χ4n) is 3.42. The van der Waals surface area contributed by atoms with E-state index >= 15 is 0 Å². The summed E-state index contributed by atoms with van der Waals surface area (Å²) in [6, 6.07) is 6.37. The summed E-state index contributed by atoms with van der Waals surface area (Å²) in [5.41, 5.74) is 1.05. The number of hydrogen-bond donors (Lipinski definition) is 1. The molecule has 0 aromatic heterocycles. The number of urea groups is 2. The third-order valence-electron chi connectivity index (χ3n) is 4.70. The molecular formula is C18H24N4O3S. The number of likely N-dealkylation sites (tertiary alicyclic amines) is 1. The number of rotatable bonds is 4. The van der Waals surface area contributed by atoms with Crippen molar-refractivity contribution in [2.75, 3.05) is 48.9 Å². The van der Waals surface area contributed by atoms with E-state index in [1.807, 2.05) is 16.7 Å². The van der Waals surface area contributed by atoms with Gasteiger partial charge in [0.15, 0.2) is 0 Å². The van der Waals surface area contributed by atoms with Gasteiger partial charge < -0.3 is 15.1 Å². The Morgan fingerprint density at radius 2 is 2.15 bits per heavy atom. The topological polar surface area (TPSA) is 73.0 Å². The Morgan fingerprint density at radius 3 is 2.85 bits per heavy atom. The molecule has 26 heavy (non-hydrogen) atoms. The fourth-order valence-corrected chi connectivity index (χ4v) is 4.16. The molecule has 2 saturated heterocycles. The maximum absolute atomic E-state index is 12.6. The van der Waals surface area contributed by atoms with Crippen molar-refractivity contribution < 1.29 is 14.4 Å². The van der Waals surface area contributed by atoms with Crippen molar-refractivity contribution in [1.82, 2.24) is 9.80 Å². The second kappa shape index (κ2) is 7.99. The number of hydrogen-bond acceptors (Lipinski definition) is 4. The molecule has 1 aromatic rings. The number of carbonyl (C=O) groups excluding carboxylic acids is 3. The molecule has 0 bridgehead atoms. The molecule has 2 aliphatic heterocycles. The zero-order chi connectivity index (χ0) is 18.7. The lowest BCUT2D eigenvalue weighted by Gasteiger charge is -2.32. The number of piperidine rings is 1. The van der Waals surface area contributed by atoms with Crippen molar-refractivity contribution in [1.29, 1.82) is 0 Å². The molecule has 2 fully saturated rings. The SMILES string of the molecule is CSCC1CCCN(C(=O)Nc2cccc(N3C(=O)CN(C)C3=O)c2)C1. The predicted molar refractivity (Wildman–Crippen MR) is 104 cm³/mol. The van der Waals surface area contributed by atoms with Gasteiger partial charge in [-0.3, -0.25) is 4.79 Å². The normalized spacial score (nSPS) is 20.7. The molecule has 8 heteroatoms. The van der Waals surface area contributed by atoms with Crippen LogP contribution in [0.3, 0.4) is 0 Å². The molecule has 0 spiro atoms. The van der Waals surface area contributed by atoms with E-state index in [1.54, 1.807) is 31.3 Å². The summed E-state index contributed by atoms with van der Waals surface area (Å²) in [4.78, 5) is 41.1. The van der Waals surface area contributed by atoms with Gasteiger partial charge in [-0.1, -0.05) is 6.07 Å². The largest absolute Gasteiger partial charge is 0.331 e. The van der Waals surface area contributed by atoms with Crippen LogP contribution in [0.2, 0.25) is 0 Å². The molecule has 3 rings (SSSR count). The third kappa shape index (κ3) is 3.95. The lowest BCUT2D eigenvalue weighted by Crippen LogP contribution is -2.42. The van der Waals surface area contributed by atoms with Crippen LogP contribution in [0, 0.1) is 5.92 Å². The molecule has 0 saturated carbocycles. The molecular weight excluding hydrogens is 352 g/mol. The highest BCUT2D eigenvalue weighted by molar-refractivity contribution is 7.98. The minimum absolute atomic E-state index is 0.0695. The standard InChI is InChI=1S/C18H24N4O3S/c1-20-11-16(23)22(18(20)25)15-7-3-6-14(9-15)19-17(24)21-8-4-5-13(10-21)12-26-2/h3,6-7,9,13H,4-5,8,10-12H2,1-2H3,(H,19,24). The Labute approximate surface area is 157 Å². The highest BCUT2D eigenvalue weighted by atomic mass is 32.2. The number of amides is 5. The second-order valence-corrected chi connectivity index (χ2v) is 7.67. The van der Waals surface area contributed by atoms with Crippen molar-refractivity contribution in [3.05, 3.63) is 24.3 Å². The van der Waals surface area contributed by atoms with Crippen LogP contribution in [0.25, 0.3) is 0 Å². The molecule has 1 unspecified atom stereocenters. The first-order valence-corrected chi connectivity index (χ1v) is 10.1. The number of nitrogens with zero attached hydrogens (tertiary/aromatic N) is 3. The molecule has 1 aromatic carbocycles. The van der Waals surface area contributed by atoms with E-state index in [2.05, 4.69) is 11.6 Å². The van der Waals surface area contributed by atoms with E-state index in [4.69, 9.17) is 0 Å². The zero-order valence-corrected chi connectivity index (χ0v) is 15.9. The summed E-state index contributed by atoms with van der Waals surface area (Å²) in [5, 5.41) is 2.90. The molecule has 0 radical (unpaired) electrons. The summed E-state index contributed by atoms with van der Waals surface area (Å²) < 4.78 is 0. The third-order valence-corrected chi connectivity index (χ3v) is 5.51. The van der Waals surface area contributed by atoms with Gasteiger partial charge in [0.25, 0.3) is 5.91 Å². The van der Waals surface area contributed by atoms with Crippen LogP contribution >= 0.6 is 11.8 Å². The fraction of sp³-hybridized carbons (Fsp3) is 0.500. The molecule has 1 atom stereocenters. The number of anilines is 2. The van der Waals surface area contributed by atoms with E-state index in [0.717, 1.165) is 36.6 Å². The Hall–Kier alpha value is -2.22. The van der Waals surface area contributed by atoms with Gasteiger partial charge in [0.2, 0.25) is 0 Å². The zero-order valence-electron chi connectivity index (χ0n) is 15.1. The molecule has 1 N–H and O–H groups in total. The Morgan fingerprint density at radius 1 is 1.35 bits per heavy atom. The van der Waals surface area contributed by atoms with Crippen LogP contribution in [-0.2, 0) is 4.79 Å². The maximum Gasteiger partial charge on any atom is 0.331 e. The number of likely N-dealkylation sites (N-methyl/N-ethyl adjacent to an activating group) is 1. The van der Waals surface area contributed by atoms with Crippen molar-refractivity contribution in [3.8, 4) is 0 Å². The first-order valence-electron chi connectivity index (χ1n) is 8.72. The van der Waals surface area contributed by atoms with Crippen molar-refractivity contribution >= 4 is 41.1 Å². The minimum atomic E-state index is -0.352. The first-order chi connectivity index (χ1) is 12.5. The van der Waals surface area contributed by atoms with E-state index in [0.29, 0.717) is 17.3 Å². The summed E-state index contributed by atoms with van der Waals surface area (Å²) in [5.74, 6) is 1.33. The van der Waals surface area contributed by atoms with Gasteiger partial charge >= 0.3 is 12.1 Å². The minimum Gasteiger partial charge on any atom is -0.324 e. The smallest absolute Gasteiger partial charge is 0.324 e. The highest BCUT2D eigenvalue weighted by Gasteiger charge is 2.34. The first kappa shape index (κ1) is 18.6. The van der Waals surface area contributed by atoms with Crippen LogP contribution in [0.15, 0.2) is 24.3 Å². The molecule has 5 amide bonds. The average molecular weight is 376 g/mol.